The SMILES string of the molecule is CCCNC(=O)[C@@H](CC)N(Cc1cccc(C)c1)C(=O)Cc1ccc(Cl)cc1Cl. The van der Waals surface area contributed by atoms with Crippen LogP contribution in [0.2, 0.25) is 10.0 Å². The van der Waals surface area contributed by atoms with Crippen molar-refractivity contribution in [1.82, 2.24) is 10.2 Å². The van der Waals surface area contributed by atoms with Crippen LogP contribution in [0.3, 0.4) is 0 Å². The molecule has 4 nitrogen and oxygen atoms in total. The lowest BCUT2D eigenvalue weighted by atomic mass is 10.1. The van der Waals surface area contributed by atoms with Crippen LogP contribution >= 0.6 is 23.2 Å². The van der Waals surface area contributed by atoms with Crippen molar-refractivity contribution < 1.29 is 9.59 Å². The fourth-order valence-corrected chi connectivity index (χ4v) is 3.70. The van der Waals surface area contributed by atoms with Crippen LogP contribution < -0.4 is 5.32 Å². The second-order valence-corrected chi connectivity index (χ2v) is 7.98. The van der Waals surface area contributed by atoms with Crippen LogP contribution in [0.4, 0.5) is 0 Å². The normalized spacial score (nSPS) is 11.8. The predicted molar refractivity (Wildman–Crippen MR) is 119 cm³/mol. The second-order valence-electron chi connectivity index (χ2n) is 7.14. The Balaban J connectivity index is 2.30. The second kappa shape index (κ2) is 11.2. The molecule has 2 rings (SSSR count). The number of hydrogen-bond acceptors (Lipinski definition) is 2. The zero-order valence-corrected chi connectivity index (χ0v) is 18.7. The molecular formula is C23H28Cl2N2O2. The Morgan fingerprint density at radius 3 is 2.48 bits per heavy atom. The van der Waals surface area contributed by atoms with E-state index >= 15 is 0 Å². The molecule has 0 saturated carbocycles. The topological polar surface area (TPSA) is 49.4 Å². The van der Waals surface area contributed by atoms with Crippen molar-refractivity contribution in [2.75, 3.05) is 6.54 Å². The molecule has 2 aromatic carbocycles. The van der Waals surface area contributed by atoms with Crippen LogP contribution in [0, 0.1) is 6.92 Å². The first-order chi connectivity index (χ1) is 13.8. The number of benzene rings is 2. The van der Waals surface area contributed by atoms with Gasteiger partial charge in [-0.05, 0) is 43.0 Å². The monoisotopic (exact) mass is 434 g/mol. The summed E-state index contributed by atoms with van der Waals surface area (Å²) < 4.78 is 0. The van der Waals surface area contributed by atoms with Crippen molar-refractivity contribution in [2.45, 2.75) is 52.6 Å². The van der Waals surface area contributed by atoms with Crippen molar-refractivity contribution in [3.8, 4) is 0 Å². The first-order valence-corrected chi connectivity index (χ1v) is 10.7. The van der Waals surface area contributed by atoms with Gasteiger partial charge in [0.25, 0.3) is 0 Å². The number of carbonyl (C=O) groups excluding carboxylic acids is 2. The standard InChI is InChI=1S/C23H28Cl2N2O2/c1-4-11-26-23(29)21(5-2)27(15-17-8-6-7-16(3)12-17)22(28)13-18-9-10-19(24)14-20(18)25/h6-10,12,14,21H,4-5,11,13,15H2,1-3H3,(H,26,29)/t21-/m1/s1. The maximum absolute atomic E-state index is 13.3. The minimum absolute atomic E-state index is 0.110. The van der Waals surface area contributed by atoms with Gasteiger partial charge in [-0.15, -0.1) is 0 Å². The molecule has 0 aliphatic rings. The van der Waals surface area contributed by atoms with Crippen molar-refractivity contribution >= 4 is 35.0 Å². The first kappa shape index (κ1) is 23.2. The number of nitrogens with zero attached hydrogens (tertiary/aromatic N) is 1. The fraction of sp³-hybridized carbons (Fsp3) is 0.391. The molecule has 0 heterocycles. The number of aryl methyl sites for hydroxylation is 1. The van der Waals surface area contributed by atoms with Crippen LogP contribution in [-0.4, -0.2) is 29.3 Å². The van der Waals surface area contributed by atoms with Gasteiger partial charge in [-0.25, -0.2) is 0 Å². The highest BCUT2D eigenvalue weighted by Crippen LogP contribution is 2.23. The molecular weight excluding hydrogens is 407 g/mol. The average molecular weight is 435 g/mol. The fourth-order valence-electron chi connectivity index (χ4n) is 3.22. The molecule has 0 unspecified atom stereocenters. The Hall–Kier alpha value is -2.04. The van der Waals surface area contributed by atoms with Crippen LogP contribution in [-0.2, 0) is 22.6 Å². The lowest BCUT2D eigenvalue weighted by Gasteiger charge is -2.31. The highest BCUT2D eigenvalue weighted by molar-refractivity contribution is 6.35. The van der Waals surface area contributed by atoms with Crippen LogP contribution in [0.15, 0.2) is 42.5 Å². The van der Waals surface area contributed by atoms with Gasteiger partial charge in [0.15, 0.2) is 0 Å². The van der Waals surface area contributed by atoms with Crippen LogP contribution in [0.25, 0.3) is 0 Å². The molecule has 1 atom stereocenters. The van der Waals surface area contributed by atoms with Crippen LogP contribution in [0.5, 0.6) is 0 Å². The molecule has 0 spiro atoms. The van der Waals surface area contributed by atoms with E-state index in [1.54, 1.807) is 23.1 Å². The Kier molecular flexibility index (Phi) is 8.99. The third-order valence-electron chi connectivity index (χ3n) is 4.73. The van der Waals surface area contributed by atoms with Crippen molar-refractivity contribution in [3.05, 3.63) is 69.2 Å². The zero-order chi connectivity index (χ0) is 21.4. The van der Waals surface area contributed by atoms with E-state index in [4.69, 9.17) is 23.2 Å². The maximum atomic E-state index is 13.3. The minimum Gasteiger partial charge on any atom is -0.354 e. The van der Waals surface area contributed by atoms with E-state index in [-0.39, 0.29) is 18.2 Å². The molecule has 2 aromatic rings. The third-order valence-corrected chi connectivity index (χ3v) is 5.31. The first-order valence-electron chi connectivity index (χ1n) is 9.92. The third kappa shape index (κ3) is 6.76. The summed E-state index contributed by atoms with van der Waals surface area (Å²) >= 11 is 12.2. The summed E-state index contributed by atoms with van der Waals surface area (Å²) in [7, 11) is 0. The highest BCUT2D eigenvalue weighted by Gasteiger charge is 2.28. The molecule has 0 aromatic heterocycles. The summed E-state index contributed by atoms with van der Waals surface area (Å²) in [4.78, 5) is 27.7. The van der Waals surface area contributed by atoms with E-state index < -0.39 is 6.04 Å². The molecule has 29 heavy (non-hydrogen) atoms. The average Bonchev–Trinajstić information content (AvgIpc) is 2.68. The molecule has 1 N–H and O–H groups in total. The van der Waals surface area contributed by atoms with Crippen LogP contribution in [0.1, 0.15) is 43.4 Å². The summed E-state index contributed by atoms with van der Waals surface area (Å²) in [6.07, 6.45) is 1.48. The minimum atomic E-state index is -0.541. The molecule has 0 bridgehead atoms. The summed E-state index contributed by atoms with van der Waals surface area (Å²) in [5, 5.41) is 3.89. The summed E-state index contributed by atoms with van der Waals surface area (Å²) in [6.45, 7) is 6.88. The lowest BCUT2D eigenvalue weighted by Crippen LogP contribution is -2.49. The quantitative estimate of drug-likeness (QED) is 0.590. The summed E-state index contributed by atoms with van der Waals surface area (Å²) in [6, 6.07) is 12.5. The number of halogens is 2. The van der Waals surface area contributed by atoms with Crippen molar-refractivity contribution in [3.63, 3.8) is 0 Å². The molecule has 0 radical (unpaired) electrons. The molecule has 156 valence electrons. The van der Waals surface area contributed by atoms with E-state index in [0.717, 1.165) is 17.5 Å². The Morgan fingerprint density at radius 1 is 1.10 bits per heavy atom. The van der Waals surface area contributed by atoms with Gasteiger partial charge in [-0.3, -0.25) is 9.59 Å². The van der Waals surface area contributed by atoms with E-state index in [0.29, 0.717) is 35.1 Å². The van der Waals surface area contributed by atoms with Gasteiger partial charge >= 0.3 is 0 Å². The smallest absolute Gasteiger partial charge is 0.242 e. The Bertz CT molecular complexity index is 855. The lowest BCUT2D eigenvalue weighted by molar-refractivity contribution is -0.140. The van der Waals surface area contributed by atoms with Gasteiger partial charge in [0.1, 0.15) is 6.04 Å². The number of carbonyl (C=O) groups is 2. The van der Waals surface area contributed by atoms with Gasteiger partial charge in [-0.2, -0.15) is 0 Å². The van der Waals surface area contributed by atoms with Gasteiger partial charge in [0.2, 0.25) is 11.8 Å². The molecule has 2 amide bonds. The van der Waals surface area contributed by atoms with Crippen molar-refractivity contribution in [1.29, 1.82) is 0 Å². The highest BCUT2D eigenvalue weighted by atomic mass is 35.5. The van der Waals surface area contributed by atoms with Gasteiger partial charge < -0.3 is 10.2 Å². The zero-order valence-electron chi connectivity index (χ0n) is 17.2. The maximum Gasteiger partial charge on any atom is 0.242 e. The largest absolute Gasteiger partial charge is 0.354 e. The van der Waals surface area contributed by atoms with Gasteiger partial charge in [-0.1, -0.05) is 72.9 Å². The Labute approximate surface area is 183 Å². The molecule has 0 fully saturated rings. The van der Waals surface area contributed by atoms with E-state index in [1.165, 1.54) is 0 Å². The molecule has 6 heteroatoms. The number of hydrogen-bond donors (Lipinski definition) is 1. The molecule has 0 saturated heterocycles. The van der Waals surface area contributed by atoms with Gasteiger partial charge in [0, 0.05) is 23.1 Å². The molecule has 0 aliphatic heterocycles. The van der Waals surface area contributed by atoms with E-state index in [2.05, 4.69) is 5.32 Å². The predicted octanol–water partition coefficient (Wildman–Crippen LogP) is 5.18. The number of nitrogens with one attached hydrogen (secondary N) is 1. The Morgan fingerprint density at radius 2 is 1.86 bits per heavy atom. The number of amides is 2. The van der Waals surface area contributed by atoms with E-state index in [9.17, 15) is 9.59 Å². The van der Waals surface area contributed by atoms with E-state index in [1.807, 2.05) is 45.0 Å². The summed E-state index contributed by atoms with van der Waals surface area (Å²) in [5.74, 6) is -0.271. The molecule has 0 aliphatic carbocycles. The van der Waals surface area contributed by atoms with Crippen molar-refractivity contribution in [2.24, 2.45) is 0 Å². The number of rotatable bonds is 9. The van der Waals surface area contributed by atoms with Gasteiger partial charge in [0.05, 0.1) is 6.42 Å². The summed E-state index contributed by atoms with van der Waals surface area (Å²) in [5.41, 5.74) is 2.79.